The molecule has 0 radical (unpaired) electrons. The highest BCUT2D eigenvalue weighted by Crippen LogP contribution is 2.32. The minimum atomic E-state index is 0.0783. The van der Waals surface area contributed by atoms with Crippen molar-refractivity contribution in [1.29, 1.82) is 0 Å². The molecule has 1 aliphatic rings. The normalized spacial score (nSPS) is 15.4. The molecule has 1 atom stereocenters. The van der Waals surface area contributed by atoms with Crippen LogP contribution in [0.1, 0.15) is 46.6 Å². The average molecular weight is 425 g/mol. The number of aromatic nitrogens is 4. The maximum absolute atomic E-state index is 12.7. The van der Waals surface area contributed by atoms with Crippen molar-refractivity contribution in [3.63, 3.8) is 0 Å². The zero-order valence-electron chi connectivity index (χ0n) is 18.0. The van der Waals surface area contributed by atoms with Crippen LogP contribution in [0.2, 0.25) is 0 Å². The van der Waals surface area contributed by atoms with E-state index in [1.54, 1.807) is 6.20 Å². The van der Waals surface area contributed by atoms with Crippen molar-refractivity contribution in [2.24, 2.45) is 0 Å². The highest BCUT2D eigenvalue weighted by molar-refractivity contribution is 5.98. The molecule has 0 saturated heterocycles. The Kier molecular flexibility index (Phi) is 5.23. The number of aryl methyl sites for hydroxylation is 1. The number of hydrogen-bond acceptors (Lipinski definition) is 7. The largest absolute Gasteiger partial charge is 0.494 e. The van der Waals surface area contributed by atoms with Crippen LogP contribution in [0.25, 0.3) is 10.9 Å². The number of carbonyl (C=O) groups excluding carboxylic acids is 1. The Morgan fingerprint density at radius 1 is 1.03 bits per heavy atom. The van der Waals surface area contributed by atoms with E-state index in [4.69, 9.17) is 4.74 Å². The number of rotatable bonds is 5. The second-order valence-electron chi connectivity index (χ2n) is 7.86. The highest BCUT2D eigenvalue weighted by atomic mass is 16.5. The molecule has 0 spiro atoms. The quantitative estimate of drug-likeness (QED) is 0.492. The molecule has 2 heterocycles. The molecular weight excluding hydrogens is 402 g/mol. The van der Waals surface area contributed by atoms with Crippen molar-refractivity contribution in [1.82, 2.24) is 19.9 Å². The molecule has 0 unspecified atom stereocenters. The summed E-state index contributed by atoms with van der Waals surface area (Å²) in [6.07, 6.45) is 2.78. The molecule has 4 aromatic rings. The zero-order valence-corrected chi connectivity index (χ0v) is 18.0. The molecule has 2 aromatic heterocycles. The summed E-state index contributed by atoms with van der Waals surface area (Å²) in [5.41, 5.74) is 4.14. The molecule has 0 fully saturated rings. The number of anilines is 2. The molecule has 0 saturated carbocycles. The van der Waals surface area contributed by atoms with E-state index in [-0.39, 0.29) is 11.7 Å². The van der Waals surface area contributed by atoms with Crippen molar-refractivity contribution in [2.45, 2.75) is 32.6 Å². The summed E-state index contributed by atoms with van der Waals surface area (Å²) in [4.78, 5) is 30.8. The fraction of sp³-hybridized carbons (Fsp3) is 0.240. The summed E-state index contributed by atoms with van der Waals surface area (Å²) in [5.74, 6) is 1.80. The van der Waals surface area contributed by atoms with E-state index in [0.717, 1.165) is 33.6 Å². The number of Topliss-reactive ketones (excluding diaryl/α,β-unsaturated/α-hetero) is 1. The number of carbonyl (C=O) groups is 1. The summed E-state index contributed by atoms with van der Waals surface area (Å²) < 4.78 is 5.58. The summed E-state index contributed by atoms with van der Waals surface area (Å²) in [6, 6.07) is 15.9. The minimum Gasteiger partial charge on any atom is -0.494 e. The number of fused-ring (bicyclic) bond motifs is 2. The fourth-order valence-corrected chi connectivity index (χ4v) is 4.14. The number of ether oxygens (including phenoxy) is 1. The van der Waals surface area contributed by atoms with E-state index in [1.165, 1.54) is 0 Å². The Morgan fingerprint density at radius 2 is 1.88 bits per heavy atom. The van der Waals surface area contributed by atoms with Gasteiger partial charge < -0.3 is 4.74 Å². The molecule has 2 aromatic carbocycles. The molecule has 0 bridgehead atoms. The van der Waals surface area contributed by atoms with Crippen LogP contribution in [0, 0.1) is 6.92 Å². The Balaban J connectivity index is 1.42. The first-order valence-electron chi connectivity index (χ1n) is 10.7. The molecule has 7 heteroatoms. The van der Waals surface area contributed by atoms with Gasteiger partial charge in [0.05, 0.1) is 29.1 Å². The van der Waals surface area contributed by atoms with E-state index < -0.39 is 0 Å². The van der Waals surface area contributed by atoms with Crippen LogP contribution in [0.4, 0.5) is 11.9 Å². The number of nitrogens with one attached hydrogen (secondary N) is 1. The standard InChI is InChI=1S/C25H23N5O2/c1-3-32-18-9-10-21-19(13-18)15(2)27-25(28-21)30-24-26-14-20-22(29-24)11-17(12-23(20)31)16-7-5-4-6-8-16/h4-10,13-14,17H,3,11-12H2,1-2H3,(H,26,27,28,29,30)/t17-/m0/s1. The third-order valence-corrected chi connectivity index (χ3v) is 5.70. The van der Waals surface area contributed by atoms with E-state index in [9.17, 15) is 4.79 Å². The first kappa shape index (κ1) is 20.1. The fourth-order valence-electron chi connectivity index (χ4n) is 4.14. The van der Waals surface area contributed by atoms with Gasteiger partial charge in [-0.25, -0.2) is 19.9 Å². The maximum atomic E-state index is 12.7. The summed E-state index contributed by atoms with van der Waals surface area (Å²) in [5, 5.41) is 4.04. The van der Waals surface area contributed by atoms with Crippen LogP contribution < -0.4 is 10.1 Å². The summed E-state index contributed by atoms with van der Waals surface area (Å²) in [6.45, 7) is 4.49. The highest BCUT2D eigenvalue weighted by Gasteiger charge is 2.28. The van der Waals surface area contributed by atoms with Gasteiger partial charge in [-0.3, -0.25) is 10.1 Å². The van der Waals surface area contributed by atoms with Gasteiger partial charge in [0, 0.05) is 18.0 Å². The van der Waals surface area contributed by atoms with Crippen molar-refractivity contribution >= 4 is 28.6 Å². The van der Waals surface area contributed by atoms with Crippen molar-refractivity contribution < 1.29 is 9.53 Å². The predicted octanol–water partition coefficient (Wildman–Crippen LogP) is 4.78. The predicted molar refractivity (Wildman–Crippen MR) is 123 cm³/mol. The van der Waals surface area contributed by atoms with E-state index in [0.29, 0.717) is 36.9 Å². The van der Waals surface area contributed by atoms with Gasteiger partial charge in [-0.2, -0.15) is 0 Å². The van der Waals surface area contributed by atoms with E-state index in [2.05, 4.69) is 37.4 Å². The Labute approximate surface area is 185 Å². The smallest absolute Gasteiger partial charge is 0.230 e. The molecule has 1 N–H and O–H groups in total. The third kappa shape index (κ3) is 3.89. The third-order valence-electron chi connectivity index (χ3n) is 5.70. The number of benzene rings is 2. The van der Waals surface area contributed by atoms with Gasteiger partial charge in [-0.15, -0.1) is 0 Å². The van der Waals surface area contributed by atoms with E-state index in [1.807, 2.05) is 50.2 Å². The van der Waals surface area contributed by atoms with Gasteiger partial charge in [-0.1, -0.05) is 30.3 Å². The van der Waals surface area contributed by atoms with Crippen molar-refractivity contribution in [3.05, 3.63) is 77.2 Å². The first-order chi connectivity index (χ1) is 15.6. The SMILES string of the molecule is CCOc1ccc2nc(Nc3ncc4c(n3)C[C@H](c3ccccc3)CC4=O)nc(C)c2c1. The average Bonchev–Trinajstić information content (AvgIpc) is 2.80. The van der Waals surface area contributed by atoms with Gasteiger partial charge in [0.15, 0.2) is 5.78 Å². The van der Waals surface area contributed by atoms with Crippen LogP contribution in [-0.2, 0) is 6.42 Å². The van der Waals surface area contributed by atoms with Crippen LogP contribution in [0.3, 0.4) is 0 Å². The lowest BCUT2D eigenvalue weighted by atomic mass is 9.82. The lowest BCUT2D eigenvalue weighted by molar-refractivity contribution is 0.0962. The zero-order chi connectivity index (χ0) is 22.1. The molecule has 7 nitrogen and oxygen atoms in total. The second kappa shape index (κ2) is 8.34. The monoisotopic (exact) mass is 425 g/mol. The second-order valence-corrected chi connectivity index (χ2v) is 7.86. The van der Waals surface area contributed by atoms with Crippen LogP contribution >= 0.6 is 0 Å². The van der Waals surface area contributed by atoms with Gasteiger partial charge in [0.1, 0.15) is 5.75 Å². The van der Waals surface area contributed by atoms with Gasteiger partial charge in [0.25, 0.3) is 0 Å². The maximum Gasteiger partial charge on any atom is 0.230 e. The van der Waals surface area contributed by atoms with Crippen LogP contribution in [0.15, 0.2) is 54.7 Å². The van der Waals surface area contributed by atoms with Crippen LogP contribution in [-0.4, -0.2) is 32.3 Å². The van der Waals surface area contributed by atoms with Crippen LogP contribution in [0.5, 0.6) is 5.75 Å². The Hall–Kier alpha value is -3.87. The molecule has 32 heavy (non-hydrogen) atoms. The van der Waals surface area contributed by atoms with Gasteiger partial charge in [0.2, 0.25) is 11.9 Å². The van der Waals surface area contributed by atoms with Crippen molar-refractivity contribution in [2.75, 3.05) is 11.9 Å². The Morgan fingerprint density at radius 3 is 2.69 bits per heavy atom. The molecule has 0 amide bonds. The van der Waals surface area contributed by atoms with E-state index >= 15 is 0 Å². The Bertz CT molecular complexity index is 1310. The first-order valence-corrected chi connectivity index (χ1v) is 10.7. The molecular formula is C25H23N5O2. The molecule has 160 valence electrons. The number of nitrogens with zero attached hydrogens (tertiary/aromatic N) is 4. The lowest BCUT2D eigenvalue weighted by Gasteiger charge is -2.23. The van der Waals surface area contributed by atoms with Gasteiger partial charge >= 0.3 is 0 Å². The summed E-state index contributed by atoms with van der Waals surface area (Å²) >= 11 is 0. The minimum absolute atomic E-state index is 0.0783. The molecule has 0 aliphatic heterocycles. The van der Waals surface area contributed by atoms with Crippen molar-refractivity contribution in [3.8, 4) is 5.75 Å². The topological polar surface area (TPSA) is 89.9 Å². The molecule has 5 rings (SSSR count). The van der Waals surface area contributed by atoms with Gasteiger partial charge in [-0.05, 0) is 49.9 Å². The number of ketones is 1. The lowest BCUT2D eigenvalue weighted by Crippen LogP contribution is -2.21. The summed E-state index contributed by atoms with van der Waals surface area (Å²) in [7, 11) is 0. The number of hydrogen-bond donors (Lipinski definition) is 1. The molecule has 1 aliphatic carbocycles.